The maximum atomic E-state index is 12.4. The molecule has 0 unspecified atom stereocenters. The van der Waals surface area contributed by atoms with Crippen molar-refractivity contribution in [1.82, 2.24) is 19.8 Å². The molecule has 0 radical (unpaired) electrons. The maximum absolute atomic E-state index is 12.4. The SMILES string of the molecule is Cn1ccnc1S(=O)(=O)C1CN(C(=O)CNC(=O)OCc2ccccc2)C1. The second-order valence-corrected chi connectivity index (χ2v) is 8.32. The molecule has 9 nitrogen and oxygen atoms in total. The molecule has 0 bridgehead atoms. The van der Waals surface area contributed by atoms with Crippen LogP contribution in [0, 0.1) is 0 Å². The Bertz CT molecular complexity index is 920. The number of nitrogens with zero attached hydrogens (tertiary/aromatic N) is 3. The molecular weight excluding hydrogens is 372 g/mol. The highest BCUT2D eigenvalue weighted by Gasteiger charge is 2.42. The first kappa shape index (κ1) is 18.9. The van der Waals surface area contributed by atoms with Gasteiger partial charge < -0.3 is 19.5 Å². The molecule has 0 aliphatic carbocycles. The van der Waals surface area contributed by atoms with E-state index in [1.165, 1.54) is 15.7 Å². The summed E-state index contributed by atoms with van der Waals surface area (Å²) in [4.78, 5) is 29.0. The molecular formula is C17H20N4O5S. The highest BCUT2D eigenvalue weighted by Crippen LogP contribution is 2.22. The number of aryl methyl sites for hydroxylation is 1. The zero-order valence-electron chi connectivity index (χ0n) is 14.7. The summed E-state index contributed by atoms with van der Waals surface area (Å²) in [7, 11) is -1.98. The van der Waals surface area contributed by atoms with Crippen LogP contribution in [0.5, 0.6) is 0 Å². The lowest BCUT2D eigenvalue weighted by Gasteiger charge is -2.38. The lowest BCUT2D eigenvalue weighted by atomic mass is 10.2. The van der Waals surface area contributed by atoms with Gasteiger partial charge in [-0.2, -0.15) is 0 Å². The summed E-state index contributed by atoms with van der Waals surface area (Å²) in [6, 6.07) is 9.16. The maximum Gasteiger partial charge on any atom is 0.407 e. The van der Waals surface area contributed by atoms with Crippen molar-refractivity contribution in [3.63, 3.8) is 0 Å². The van der Waals surface area contributed by atoms with Crippen LogP contribution in [0.15, 0.2) is 47.9 Å². The van der Waals surface area contributed by atoms with Crippen molar-refractivity contribution in [3.05, 3.63) is 48.3 Å². The lowest BCUT2D eigenvalue weighted by molar-refractivity contribution is -0.133. The number of benzene rings is 1. The van der Waals surface area contributed by atoms with Crippen LogP contribution in [-0.2, 0) is 33.0 Å². The molecule has 144 valence electrons. The molecule has 0 saturated carbocycles. The van der Waals surface area contributed by atoms with E-state index in [4.69, 9.17) is 4.74 Å². The summed E-state index contributed by atoms with van der Waals surface area (Å²) in [5, 5.41) is 1.67. The summed E-state index contributed by atoms with van der Waals surface area (Å²) in [5.41, 5.74) is 0.837. The first-order valence-corrected chi connectivity index (χ1v) is 9.86. The number of hydrogen-bond acceptors (Lipinski definition) is 6. The first-order valence-electron chi connectivity index (χ1n) is 8.31. The third-order valence-corrected chi connectivity index (χ3v) is 6.35. The second kappa shape index (κ2) is 7.78. The Balaban J connectivity index is 1.41. The Morgan fingerprint density at radius 2 is 1.96 bits per heavy atom. The molecule has 3 rings (SSSR count). The van der Waals surface area contributed by atoms with E-state index in [0.29, 0.717) is 0 Å². The minimum Gasteiger partial charge on any atom is -0.445 e. The van der Waals surface area contributed by atoms with E-state index in [1.54, 1.807) is 13.2 Å². The van der Waals surface area contributed by atoms with E-state index in [0.717, 1.165) is 5.56 Å². The Morgan fingerprint density at radius 1 is 1.26 bits per heavy atom. The second-order valence-electron chi connectivity index (χ2n) is 6.20. The van der Waals surface area contributed by atoms with Crippen LogP contribution in [0.1, 0.15) is 5.56 Å². The van der Waals surface area contributed by atoms with Crippen LogP contribution < -0.4 is 5.32 Å². The fourth-order valence-electron chi connectivity index (χ4n) is 2.65. The summed E-state index contributed by atoms with van der Waals surface area (Å²) in [6.45, 7) is 0.0148. The molecule has 0 spiro atoms. The zero-order valence-corrected chi connectivity index (χ0v) is 15.6. The molecule has 1 aromatic carbocycles. The van der Waals surface area contributed by atoms with Crippen molar-refractivity contribution >= 4 is 21.8 Å². The molecule has 1 aliphatic rings. The fraction of sp³-hybridized carbons (Fsp3) is 0.353. The van der Waals surface area contributed by atoms with Gasteiger partial charge in [-0.1, -0.05) is 30.3 Å². The molecule has 1 N–H and O–H groups in total. The monoisotopic (exact) mass is 392 g/mol. The number of alkyl carbamates (subject to hydrolysis) is 1. The van der Waals surface area contributed by atoms with Gasteiger partial charge in [0.05, 0.1) is 0 Å². The average Bonchev–Trinajstić information content (AvgIpc) is 3.04. The van der Waals surface area contributed by atoms with E-state index >= 15 is 0 Å². The van der Waals surface area contributed by atoms with Gasteiger partial charge in [0.1, 0.15) is 18.4 Å². The van der Waals surface area contributed by atoms with Gasteiger partial charge in [0.25, 0.3) is 0 Å². The van der Waals surface area contributed by atoms with Gasteiger partial charge >= 0.3 is 6.09 Å². The highest BCUT2D eigenvalue weighted by atomic mass is 32.2. The number of sulfone groups is 1. The molecule has 2 heterocycles. The van der Waals surface area contributed by atoms with Crippen LogP contribution in [0.3, 0.4) is 0 Å². The Kier molecular flexibility index (Phi) is 5.45. The Morgan fingerprint density at radius 3 is 2.59 bits per heavy atom. The first-order chi connectivity index (χ1) is 12.9. The molecule has 1 fully saturated rings. The van der Waals surface area contributed by atoms with Gasteiger partial charge in [0.15, 0.2) is 0 Å². The normalized spacial score (nSPS) is 14.5. The fourth-order valence-corrected chi connectivity index (χ4v) is 4.37. The van der Waals surface area contributed by atoms with Crippen LogP contribution in [0.4, 0.5) is 4.79 Å². The molecule has 0 atom stereocenters. The summed E-state index contributed by atoms with van der Waals surface area (Å²) < 4.78 is 31.3. The number of carbonyl (C=O) groups is 2. The molecule has 2 aromatic rings. The van der Waals surface area contributed by atoms with Crippen LogP contribution in [0.25, 0.3) is 0 Å². The zero-order chi connectivity index (χ0) is 19.4. The van der Waals surface area contributed by atoms with Gasteiger partial charge in [-0.05, 0) is 5.56 Å². The molecule has 2 amide bonds. The number of rotatable bonds is 6. The number of aromatic nitrogens is 2. The van der Waals surface area contributed by atoms with Crippen molar-refractivity contribution in [2.75, 3.05) is 19.6 Å². The van der Waals surface area contributed by atoms with Crippen molar-refractivity contribution in [3.8, 4) is 0 Å². The molecule has 10 heteroatoms. The number of nitrogens with one attached hydrogen (secondary N) is 1. The third-order valence-electron chi connectivity index (χ3n) is 4.27. The van der Waals surface area contributed by atoms with Crippen molar-refractivity contribution in [2.45, 2.75) is 17.0 Å². The van der Waals surface area contributed by atoms with Crippen molar-refractivity contribution < 1.29 is 22.7 Å². The Hall–Kier alpha value is -2.88. The summed E-state index contributed by atoms with van der Waals surface area (Å²) in [6.07, 6.45) is 2.27. The van der Waals surface area contributed by atoms with Gasteiger partial charge in [-0.25, -0.2) is 18.2 Å². The molecule has 1 aromatic heterocycles. The lowest BCUT2D eigenvalue weighted by Crippen LogP contribution is -2.59. The summed E-state index contributed by atoms with van der Waals surface area (Å²) >= 11 is 0. The smallest absolute Gasteiger partial charge is 0.407 e. The molecule has 1 aliphatic heterocycles. The minimum atomic E-state index is -3.58. The van der Waals surface area contributed by atoms with Crippen LogP contribution in [-0.4, -0.2) is 59.8 Å². The Labute approximate surface area is 156 Å². The number of likely N-dealkylation sites (tertiary alicyclic amines) is 1. The number of hydrogen-bond donors (Lipinski definition) is 1. The van der Waals surface area contributed by atoms with Gasteiger partial charge in [-0.3, -0.25) is 4.79 Å². The van der Waals surface area contributed by atoms with E-state index in [1.807, 2.05) is 30.3 Å². The number of amides is 2. The minimum absolute atomic E-state index is 0.0118. The standard InChI is InChI=1S/C17H20N4O5S/c1-20-8-7-18-16(20)27(24,25)14-10-21(11-14)15(22)9-19-17(23)26-12-13-5-3-2-4-6-13/h2-8,14H,9-12H2,1H3,(H,19,23). The van der Waals surface area contributed by atoms with E-state index < -0.39 is 21.2 Å². The highest BCUT2D eigenvalue weighted by molar-refractivity contribution is 7.92. The van der Waals surface area contributed by atoms with E-state index in [-0.39, 0.29) is 37.3 Å². The predicted octanol–water partition coefficient (Wildman–Crippen LogP) is 0.331. The van der Waals surface area contributed by atoms with Crippen LogP contribution >= 0.6 is 0 Å². The third kappa shape index (κ3) is 4.27. The average molecular weight is 392 g/mol. The van der Waals surface area contributed by atoms with Crippen molar-refractivity contribution in [1.29, 1.82) is 0 Å². The number of imidazole rings is 1. The van der Waals surface area contributed by atoms with E-state index in [9.17, 15) is 18.0 Å². The summed E-state index contributed by atoms with van der Waals surface area (Å²) in [5.74, 6) is -0.363. The van der Waals surface area contributed by atoms with Gasteiger partial charge in [-0.15, -0.1) is 0 Å². The van der Waals surface area contributed by atoms with Gasteiger partial charge in [0.2, 0.25) is 20.9 Å². The quantitative estimate of drug-likeness (QED) is 0.759. The van der Waals surface area contributed by atoms with Crippen molar-refractivity contribution in [2.24, 2.45) is 7.05 Å². The van der Waals surface area contributed by atoms with Gasteiger partial charge in [0, 0.05) is 32.5 Å². The van der Waals surface area contributed by atoms with Crippen LogP contribution in [0.2, 0.25) is 0 Å². The number of carbonyl (C=O) groups excluding carboxylic acids is 2. The largest absolute Gasteiger partial charge is 0.445 e. The van der Waals surface area contributed by atoms with E-state index in [2.05, 4.69) is 10.3 Å². The number of ether oxygens (including phenoxy) is 1. The molecule has 1 saturated heterocycles. The predicted molar refractivity (Wildman–Crippen MR) is 95.4 cm³/mol. The molecule has 27 heavy (non-hydrogen) atoms. The topological polar surface area (TPSA) is 111 Å².